The number of rotatable bonds is 7. The summed E-state index contributed by atoms with van der Waals surface area (Å²) in [5, 5.41) is 5.38. The van der Waals surface area contributed by atoms with Gasteiger partial charge < -0.3 is 10.1 Å². The Labute approximate surface area is 224 Å². The largest absolute Gasteiger partial charge is 0.383 e. The average Bonchev–Trinajstić information content (AvgIpc) is 3.52. The quantitative estimate of drug-likeness (QED) is 0.255. The van der Waals surface area contributed by atoms with E-state index in [-0.39, 0.29) is 18.4 Å². The SMILES string of the molecule is CC(c1cc2ccccn2c1-c1ccccn1)n1nc(-c2cc(F)cc(CNS(=O)O)c2)c2c(N)ncnc21. The van der Waals surface area contributed by atoms with Gasteiger partial charge in [-0.2, -0.15) is 5.10 Å². The molecule has 0 fully saturated rings. The fraction of sp³-hybridized carbons (Fsp3) is 0.111. The Balaban J connectivity index is 1.54. The van der Waals surface area contributed by atoms with E-state index in [0.29, 0.717) is 27.9 Å². The van der Waals surface area contributed by atoms with E-state index in [2.05, 4.69) is 30.1 Å². The lowest BCUT2D eigenvalue weighted by Crippen LogP contribution is -2.15. The Morgan fingerprint density at radius 3 is 2.74 bits per heavy atom. The molecule has 12 heteroatoms. The van der Waals surface area contributed by atoms with E-state index in [1.54, 1.807) is 16.9 Å². The van der Waals surface area contributed by atoms with Crippen molar-refractivity contribution in [3.05, 3.63) is 96.3 Å². The summed E-state index contributed by atoms with van der Waals surface area (Å²) in [7, 11) is 0. The van der Waals surface area contributed by atoms with Crippen LogP contribution in [0.4, 0.5) is 10.2 Å². The van der Waals surface area contributed by atoms with Crippen LogP contribution in [-0.2, 0) is 17.8 Å². The van der Waals surface area contributed by atoms with Gasteiger partial charge in [0.15, 0.2) is 5.65 Å². The normalized spacial score (nSPS) is 13.2. The van der Waals surface area contributed by atoms with Gasteiger partial charge in [0.2, 0.25) is 11.3 Å². The van der Waals surface area contributed by atoms with Crippen molar-refractivity contribution in [1.82, 2.24) is 33.9 Å². The molecule has 39 heavy (non-hydrogen) atoms. The fourth-order valence-corrected chi connectivity index (χ4v) is 5.16. The smallest absolute Gasteiger partial charge is 0.232 e. The number of halogens is 1. The maximum atomic E-state index is 14.7. The molecule has 10 nitrogen and oxygen atoms in total. The molecule has 5 aromatic heterocycles. The molecule has 0 aliphatic carbocycles. The van der Waals surface area contributed by atoms with Gasteiger partial charge in [-0.25, -0.2) is 28.0 Å². The second-order valence-electron chi connectivity index (χ2n) is 9.00. The monoisotopic (exact) mass is 542 g/mol. The summed E-state index contributed by atoms with van der Waals surface area (Å²) in [4.78, 5) is 13.3. The summed E-state index contributed by atoms with van der Waals surface area (Å²) in [6, 6.07) is 17.8. The van der Waals surface area contributed by atoms with Gasteiger partial charge in [0.25, 0.3) is 0 Å². The highest BCUT2D eigenvalue weighted by atomic mass is 32.2. The summed E-state index contributed by atoms with van der Waals surface area (Å²) in [6.45, 7) is 1.99. The van der Waals surface area contributed by atoms with E-state index in [0.717, 1.165) is 22.5 Å². The summed E-state index contributed by atoms with van der Waals surface area (Å²) in [5.41, 5.74) is 11.8. The molecule has 2 unspecified atom stereocenters. The number of fused-ring (bicyclic) bond motifs is 2. The molecule has 5 heterocycles. The molecule has 0 aliphatic rings. The highest BCUT2D eigenvalue weighted by molar-refractivity contribution is 7.77. The first-order chi connectivity index (χ1) is 18.9. The van der Waals surface area contributed by atoms with Gasteiger partial charge >= 0.3 is 0 Å². The molecule has 196 valence electrons. The van der Waals surface area contributed by atoms with Crippen LogP contribution in [0.25, 0.3) is 39.2 Å². The van der Waals surface area contributed by atoms with Crippen LogP contribution in [0.3, 0.4) is 0 Å². The minimum atomic E-state index is -2.24. The van der Waals surface area contributed by atoms with Crippen molar-refractivity contribution in [1.29, 1.82) is 0 Å². The van der Waals surface area contributed by atoms with Gasteiger partial charge in [-0.3, -0.25) is 9.54 Å². The fourth-order valence-electron chi connectivity index (χ4n) is 4.87. The molecule has 0 aliphatic heterocycles. The summed E-state index contributed by atoms with van der Waals surface area (Å²) in [6.07, 6.45) is 5.12. The van der Waals surface area contributed by atoms with Crippen molar-refractivity contribution in [2.24, 2.45) is 0 Å². The summed E-state index contributed by atoms with van der Waals surface area (Å²) < 4.78 is 41.1. The van der Waals surface area contributed by atoms with Gasteiger partial charge in [0.1, 0.15) is 23.7 Å². The molecule has 6 aromatic rings. The number of anilines is 1. The minimum Gasteiger partial charge on any atom is -0.383 e. The number of nitrogens with two attached hydrogens (primary N) is 1. The van der Waals surface area contributed by atoms with Crippen molar-refractivity contribution >= 4 is 33.6 Å². The number of pyridine rings is 2. The van der Waals surface area contributed by atoms with Crippen LogP contribution in [0.15, 0.2) is 79.4 Å². The van der Waals surface area contributed by atoms with Crippen LogP contribution in [-0.4, -0.2) is 37.9 Å². The van der Waals surface area contributed by atoms with Crippen LogP contribution < -0.4 is 10.5 Å². The first-order valence-corrected chi connectivity index (χ1v) is 13.2. The van der Waals surface area contributed by atoms with Crippen LogP contribution >= 0.6 is 0 Å². The number of aromatic nitrogens is 6. The zero-order valence-corrected chi connectivity index (χ0v) is 21.5. The second-order valence-corrected chi connectivity index (χ2v) is 9.79. The molecular formula is C27H23FN8O2S. The maximum Gasteiger partial charge on any atom is 0.232 e. The van der Waals surface area contributed by atoms with Crippen LogP contribution in [0.1, 0.15) is 24.1 Å². The van der Waals surface area contributed by atoms with Crippen molar-refractivity contribution in [2.75, 3.05) is 5.73 Å². The van der Waals surface area contributed by atoms with E-state index in [9.17, 15) is 8.60 Å². The third kappa shape index (κ3) is 4.54. The number of hydrogen-bond acceptors (Lipinski definition) is 6. The lowest BCUT2D eigenvalue weighted by Gasteiger charge is -2.15. The molecule has 0 spiro atoms. The number of hydrogen-bond donors (Lipinski definition) is 3. The Kier molecular flexibility index (Phi) is 6.35. The molecule has 0 amide bonds. The van der Waals surface area contributed by atoms with Crippen molar-refractivity contribution in [3.8, 4) is 22.6 Å². The van der Waals surface area contributed by atoms with Crippen molar-refractivity contribution in [3.63, 3.8) is 0 Å². The van der Waals surface area contributed by atoms with E-state index in [1.807, 2.05) is 49.5 Å². The van der Waals surface area contributed by atoms with Crippen LogP contribution in [0.2, 0.25) is 0 Å². The van der Waals surface area contributed by atoms with Crippen molar-refractivity contribution in [2.45, 2.75) is 19.5 Å². The molecular weight excluding hydrogens is 519 g/mol. The van der Waals surface area contributed by atoms with Gasteiger partial charge in [0, 0.05) is 35.6 Å². The lowest BCUT2D eigenvalue weighted by atomic mass is 10.1. The molecule has 2 atom stereocenters. The van der Waals surface area contributed by atoms with Crippen LogP contribution in [0, 0.1) is 5.82 Å². The lowest BCUT2D eigenvalue weighted by molar-refractivity contribution is 0.548. The van der Waals surface area contributed by atoms with Crippen LogP contribution in [0.5, 0.6) is 0 Å². The molecule has 4 N–H and O–H groups in total. The summed E-state index contributed by atoms with van der Waals surface area (Å²) in [5.74, 6) is -0.309. The molecule has 0 saturated carbocycles. The van der Waals surface area contributed by atoms with Gasteiger partial charge in [-0.1, -0.05) is 12.1 Å². The molecule has 6 rings (SSSR count). The van der Waals surface area contributed by atoms with Gasteiger partial charge in [-0.05, 0) is 61.0 Å². The Hall–Kier alpha value is -4.52. The van der Waals surface area contributed by atoms with Crippen molar-refractivity contribution < 1.29 is 13.2 Å². The standard InChI is InChI=1S/C27H23FN8O2S/c1-16(21-13-20-6-3-5-9-35(20)25(21)22-7-2-4-8-30-22)36-27-23(26(29)31-15-32-27)24(34-36)18-10-17(11-19(28)12-18)14-33-39(37)38/h2-13,15-16,33H,14H2,1H3,(H,37,38)(H2,29,31,32). The Morgan fingerprint density at radius 1 is 1.10 bits per heavy atom. The van der Waals surface area contributed by atoms with Gasteiger partial charge in [-0.15, -0.1) is 0 Å². The summed E-state index contributed by atoms with van der Waals surface area (Å²) >= 11 is -2.24. The zero-order chi connectivity index (χ0) is 27.1. The molecule has 0 radical (unpaired) electrons. The third-order valence-electron chi connectivity index (χ3n) is 6.58. The number of benzene rings is 1. The van der Waals surface area contributed by atoms with E-state index < -0.39 is 17.1 Å². The first kappa shape index (κ1) is 24.8. The highest BCUT2D eigenvalue weighted by Crippen LogP contribution is 2.37. The Bertz CT molecular complexity index is 1850. The minimum absolute atomic E-state index is 0.0142. The first-order valence-electron chi connectivity index (χ1n) is 12.0. The third-order valence-corrected chi connectivity index (χ3v) is 6.97. The highest BCUT2D eigenvalue weighted by Gasteiger charge is 2.25. The van der Waals surface area contributed by atoms with Gasteiger partial charge in [0.05, 0.1) is 22.8 Å². The molecule has 0 bridgehead atoms. The van der Waals surface area contributed by atoms with E-state index in [4.69, 9.17) is 15.4 Å². The van der Waals surface area contributed by atoms with E-state index >= 15 is 0 Å². The molecule has 1 aromatic carbocycles. The predicted octanol–water partition coefficient (Wildman–Crippen LogP) is 4.36. The average molecular weight is 543 g/mol. The predicted molar refractivity (Wildman–Crippen MR) is 147 cm³/mol. The second kappa shape index (κ2) is 9.98. The zero-order valence-electron chi connectivity index (χ0n) is 20.7. The number of nitrogens with one attached hydrogen (secondary N) is 1. The number of nitrogen functional groups attached to an aromatic ring is 1. The Morgan fingerprint density at radius 2 is 1.95 bits per heavy atom. The van der Waals surface area contributed by atoms with E-state index in [1.165, 1.54) is 18.5 Å². The molecule has 0 saturated heterocycles. The maximum absolute atomic E-state index is 14.7. The topological polar surface area (TPSA) is 136 Å². The number of nitrogens with zero attached hydrogens (tertiary/aromatic N) is 6.